The summed E-state index contributed by atoms with van der Waals surface area (Å²) in [5.74, 6) is 2.18. The number of halogens is 1. The van der Waals surface area contributed by atoms with Crippen LogP contribution < -0.4 is 10.2 Å². The molecule has 1 aliphatic rings. The molecule has 1 saturated carbocycles. The van der Waals surface area contributed by atoms with Gasteiger partial charge in [-0.1, -0.05) is 68.6 Å². The lowest BCUT2D eigenvalue weighted by Crippen LogP contribution is -2.34. The van der Waals surface area contributed by atoms with E-state index < -0.39 is 0 Å². The third-order valence-electron chi connectivity index (χ3n) is 5.74. The Kier molecular flexibility index (Phi) is 9.02. The van der Waals surface area contributed by atoms with E-state index in [4.69, 9.17) is 16.6 Å². The molecule has 1 aromatic heterocycles. The number of nitrogens with zero attached hydrogens (tertiary/aromatic N) is 3. The molecule has 0 atom stereocenters. The topological polar surface area (TPSA) is 58.1 Å². The maximum Gasteiger partial charge on any atom is 0.251 e. The van der Waals surface area contributed by atoms with Gasteiger partial charge in [0.25, 0.3) is 5.91 Å². The number of hydrogen-bond acceptors (Lipinski definition) is 5. The highest BCUT2D eigenvalue weighted by atomic mass is 35.5. The van der Waals surface area contributed by atoms with E-state index in [9.17, 15) is 4.79 Å². The van der Waals surface area contributed by atoms with E-state index in [1.807, 2.05) is 30.3 Å². The van der Waals surface area contributed by atoms with Crippen LogP contribution in [0.2, 0.25) is 5.15 Å². The van der Waals surface area contributed by atoms with E-state index in [1.165, 1.54) is 32.1 Å². The standard InChI is InChI=1S/C24H33ClN4OS/c1-17(2)13-14-26-23(30)19-11-9-18(10-12-19)16-31-24-27-21(25)15-22(28-24)29(3)20-7-5-4-6-8-20/h9-12,15,17,20H,4-8,13-14,16H2,1-3H3,(H,26,30). The number of carbonyl (C=O) groups excluding carboxylic acids is 1. The molecular weight excluding hydrogens is 428 g/mol. The van der Waals surface area contributed by atoms with Gasteiger partial charge in [0.1, 0.15) is 11.0 Å². The van der Waals surface area contributed by atoms with Gasteiger partial charge in [0.05, 0.1) is 0 Å². The Morgan fingerprint density at radius 1 is 1.19 bits per heavy atom. The summed E-state index contributed by atoms with van der Waals surface area (Å²) in [5, 5.41) is 4.13. The van der Waals surface area contributed by atoms with Gasteiger partial charge >= 0.3 is 0 Å². The molecule has 0 aliphatic heterocycles. The van der Waals surface area contributed by atoms with Crippen LogP contribution in [0.25, 0.3) is 0 Å². The average molecular weight is 461 g/mol. The van der Waals surface area contributed by atoms with Crippen molar-refractivity contribution in [1.82, 2.24) is 15.3 Å². The number of carbonyl (C=O) groups is 1. The van der Waals surface area contributed by atoms with Crippen LogP contribution in [-0.4, -0.2) is 35.5 Å². The third kappa shape index (κ3) is 7.39. The summed E-state index contributed by atoms with van der Waals surface area (Å²) in [5.41, 5.74) is 1.81. The van der Waals surface area contributed by atoms with Crippen LogP contribution in [0.15, 0.2) is 35.5 Å². The average Bonchev–Trinajstić information content (AvgIpc) is 2.77. The van der Waals surface area contributed by atoms with E-state index in [-0.39, 0.29) is 5.91 Å². The van der Waals surface area contributed by atoms with Crippen molar-refractivity contribution in [3.8, 4) is 0 Å². The summed E-state index contributed by atoms with van der Waals surface area (Å²) in [4.78, 5) is 23.6. The highest BCUT2D eigenvalue weighted by Gasteiger charge is 2.20. The van der Waals surface area contributed by atoms with E-state index in [1.54, 1.807) is 11.8 Å². The molecule has 3 rings (SSSR count). The zero-order valence-corrected chi connectivity index (χ0v) is 20.3. The van der Waals surface area contributed by atoms with Crippen molar-refractivity contribution in [1.29, 1.82) is 0 Å². The van der Waals surface area contributed by atoms with Crippen LogP contribution in [0.1, 0.15) is 68.3 Å². The predicted octanol–water partition coefficient (Wildman–Crippen LogP) is 5.97. The second-order valence-corrected chi connectivity index (χ2v) is 9.99. The lowest BCUT2D eigenvalue weighted by atomic mass is 9.94. The normalized spacial score (nSPS) is 14.6. The Labute approximate surface area is 195 Å². The molecule has 168 valence electrons. The summed E-state index contributed by atoms with van der Waals surface area (Å²) in [7, 11) is 2.11. The second-order valence-electron chi connectivity index (χ2n) is 8.66. The van der Waals surface area contributed by atoms with Crippen LogP contribution in [0.3, 0.4) is 0 Å². The SMILES string of the molecule is CC(C)CCNC(=O)c1ccc(CSc2nc(Cl)cc(N(C)C3CCCCC3)n2)cc1. The predicted molar refractivity (Wildman–Crippen MR) is 130 cm³/mol. The van der Waals surface area contributed by atoms with Crippen molar-refractivity contribution in [2.75, 3.05) is 18.5 Å². The van der Waals surface area contributed by atoms with Crippen LogP contribution >= 0.6 is 23.4 Å². The molecule has 0 bridgehead atoms. The summed E-state index contributed by atoms with van der Waals surface area (Å²) < 4.78 is 0. The number of amides is 1. The Morgan fingerprint density at radius 3 is 2.58 bits per heavy atom. The number of hydrogen-bond donors (Lipinski definition) is 1. The third-order valence-corrected chi connectivity index (χ3v) is 6.85. The first-order valence-corrected chi connectivity index (χ1v) is 12.6. The number of anilines is 1. The van der Waals surface area contributed by atoms with Crippen molar-refractivity contribution in [2.24, 2.45) is 5.92 Å². The van der Waals surface area contributed by atoms with E-state index in [0.29, 0.717) is 34.4 Å². The molecule has 2 aromatic rings. The van der Waals surface area contributed by atoms with Gasteiger partial charge in [0.15, 0.2) is 5.16 Å². The molecule has 1 fully saturated rings. The monoisotopic (exact) mass is 460 g/mol. The van der Waals surface area contributed by atoms with Gasteiger partial charge in [-0.3, -0.25) is 4.79 Å². The van der Waals surface area contributed by atoms with E-state index >= 15 is 0 Å². The number of benzene rings is 1. The molecule has 0 saturated heterocycles. The molecule has 7 heteroatoms. The number of thioether (sulfide) groups is 1. The van der Waals surface area contributed by atoms with E-state index in [2.05, 4.69) is 36.1 Å². The molecule has 1 amide bonds. The second kappa shape index (κ2) is 11.7. The highest BCUT2D eigenvalue weighted by Crippen LogP contribution is 2.28. The van der Waals surface area contributed by atoms with Crippen molar-refractivity contribution in [3.05, 3.63) is 46.6 Å². The minimum atomic E-state index is -0.0200. The Morgan fingerprint density at radius 2 is 1.90 bits per heavy atom. The zero-order chi connectivity index (χ0) is 22.2. The largest absolute Gasteiger partial charge is 0.357 e. The quantitative estimate of drug-likeness (QED) is 0.284. The number of rotatable bonds is 9. The van der Waals surface area contributed by atoms with Gasteiger partial charge < -0.3 is 10.2 Å². The van der Waals surface area contributed by atoms with Gasteiger partial charge in [0, 0.05) is 37.0 Å². The fourth-order valence-electron chi connectivity index (χ4n) is 3.76. The first-order chi connectivity index (χ1) is 14.9. The van der Waals surface area contributed by atoms with Gasteiger partial charge in [-0.25, -0.2) is 9.97 Å². The maximum absolute atomic E-state index is 12.2. The highest BCUT2D eigenvalue weighted by molar-refractivity contribution is 7.98. The van der Waals surface area contributed by atoms with Crippen molar-refractivity contribution >= 4 is 35.1 Å². The molecule has 5 nitrogen and oxygen atoms in total. The van der Waals surface area contributed by atoms with Gasteiger partial charge in [-0.2, -0.15) is 0 Å². The minimum absolute atomic E-state index is 0.0200. The van der Waals surface area contributed by atoms with Crippen LogP contribution in [-0.2, 0) is 5.75 Å². The van der Waals surface area contributed by atoms with Crippen LogP contribution in [0.5, 0.6) is 0 Å². The summed E-state index contributed by atoms with van der Waals surface area (Å²) in [6.07, 6.45) is 7.28. The van der Waals surface area contributed by atoms with Crippen LogP contribution in [0, 0.1) is 5.92 Å². The van der Waals surface area contributed by atoms with Crippen LogP contribution in [0.4, 0.5) is 5.82 Å². The fraction of sp³-hybridized carbons (Fsp3) is 0.542. The van der Waals surface area contributed by atoms with Crippen molar-refractivity contribution in [2.45, 2.75) is 69.3 Å². The summed E-state index contributed by atoms with van der Waals surface area (Å²) >= 11 is 7.86. The van der Waals surface area contributed by atoms with E-state index in [0.717, 1.165) is 23.6 Å². The molecular formula is C24H33ClN4OS. The lowest BCUT2D eigenvalue weighted by molar-refractivity contribution is 0.0952. The van der Waals surface area contributed by atoms with Gasteiger partial charge in [-0.05, 0) is 42.9 Å². The molecule has 1 aromatic carbocycles. The first-order valence-electron chi connectivity index (χ1n) is 11.2. The Balaban J connectivity index is 1.57. The van der Waals surface area contributed by atoms with Gasteiger partial charge in [0.2, 0.25) is 0 Å². The summed E-state index contributed by atoms with van der Waals surface area (Å²) in [6.45, 7) is 5.01. The molecule has 1 aliphatic carbocycles. The van der Waals surface area contributed by atoms with Crippen molar-refractivity contribution < 1.29 is 4.79 Å². The summed E-state index contributed by atoms with van der Waals surface area (Å²) in [6, 6.07) is 10.1. The smallest absolute Gasteiger partial charge is 0.251 e. The molecule has 0 unspecified atom stereocenters. The molecule has 0 radical (unpaired) electrons. The number of nitrogens with one attached hydrogen (secondary N) is 1. The molecule has 31 heavy (non-hydrogen) atoms. The maximum atomic E-state index is 12.2. The minimum Gasteiger partial charge on any atom is -0.357 e. The number of aromatic nitrogens is 2. The lowest BCUT2D eigenvalue weighted by Gasteiger charge is -2.32. The van der Waals surface area contributed by atoms with Crippen molar-refractivity contribution in [3.63, 3.8) is 0 Å². The Hall–Kier alpha value is -1.79. The Bertz CT molecular complexity index is 853. The molecule has 1 heterocycles. The van der Waals surface area contributed by atoms with Gasteiger partial charge in [-0.15, -0.1) is 0 Å². The fourth-order valence-corrected chi connectivity index (χ4v) is 4.80. The molecule has 1 N–H and O–H groups in total. The first kappa shape index (κ1) is 23.9. The molecule has 0 spiro atoms. The zero-order valence-electron chi connectivity index (χ0n) is 18.7.